The van der Waals surface area contributed by atoms with Gasteiger partial charge in [0.2, 0.25) is 0 Å². The van der Waals surface area contributed by atoms with E-state index in [0.29, 0.717) is 38.7 Å². The van der Waals surface area contributed by atoms with Crippen molar-refractivity contribution >= 4 is 52.5 Å². The predicted octanol–water partition coefficient (Wildman–Crippen LogP) is 6.77. The fourth-order valence-electron chi connectivity index (χ4n) is 2.58. The Balaban J connectivity index is 1.67. The minimum absolute atomic E-state index is 0.0594. The maximum absolute atomic E-state index is 12.4. The third kappa shape index (κ3) is 6.01. The monoisotopic (exact) mass is 456 g/mol. The zero-order valence-electron chi connectivity index (χ0n) is 15.5. The van der Waals surface area contributed by atoms with Crippen LogP contribution < -0.4 is 10.1 Å². The van der Waals surface area contributed by atoms with Crippen LogP contribution in [0.1, 0.15) is 11.1 Å². The van der Waals surface area contributed by atoms with Crippen LogP contribution in [0.5, 0.6) is 5.75 Å². The quantitative estimate of drug-likeness (QED) is 0.328. The standard InChI is InChI=1S/C23H15Cl3N2O2/c24-18-10-19(25)12-20(11-18)28-23(29)17(13-27)9-15-5-7-21(8-6-15)30-14-16-3-1-2-4-22(16)26/h1-12H,14H2,(H,28,29)/b17-9-. The first-order valence-electron chi connectivity index (χ1n) is 8.80. The highest BCUT2D eigenvalue weighted by Crippen LogP contribution is 2.23. The van der Waals surface area contributed by atoms with E-state index in [1.165, 1.54) is 6.08 Å². The molecule has 0 saturated carbocycles. The first kappa shape index (κ1) is 21.7. The van der Waals surface area contributed by atoms with Crippen LogP contribution in [0, 0.1) is 11.3 Å². The van der Waals surface area contributed by atoms with E-state index in [0.717, 1.165) is 5.56 Å². The van der Waals surface area contributed by atoms with E-state index in [-0.39, 0.29) is 5.57 Å². The Morgan fingerprint density at radius 3 is 2.30 bits per heavy atom. The van der Waals surface area contributed by atoms with Crippen molar-refractivity contribution < 1.29 is 9.53 Å². The number of carbonyl (C=O) groups excluding carboxylic acids is 1. The molecule has 0 atom stereocenters. The van der Waals surface area contributed by atoms with Crippen molar-refractivity contribution in [1.29, 1.82) is 5.26 Å². The molecule has 0 bridgehead atoms. The Labute approximate surface area is 189 Å². The molecule has 150 valence electrons. The van der Waals surface area contributed by atoms with Gasteiger partial charge in [0.25, 0.3) is 5.91 Å². The van der Waals surface area contributed by atoms with Gasteiger partial charge in [-0.15, -0.1) is 0 Å². The molecule has 0 unspecified atom stereocenters. The normalized spacial score (nSPS) is 10.9. The lowest BCUT2D eigenvalue weighted by Crippen LogP contribution is -2.13. The number of ether oxygens (including phenoxy) is 1. The molecule has 0 aliphatic heterocycles. The zero-order chi connectivity index (χ0) is 21.5. The molecule has 0 aliphatic carbocycles. The first-order chi connectivity index (χ1) is 14.4. The molecular formula is C23H15Cl3N2O2. The molecule has 30 heavy (non-hydrogen) atoms. The van der Waals surface area contributed by atoms with Crippen molar-refractivity contribution in [3.05, 3.63) is 98.5 Å². The second kappa shape index (κ2) is 10.2. The smallest absolute Gasteiger partial charge is 0.266 e. The lowest BCUT2D eigenvalue weighted by atomic mass is 10.1. The second-order valence-corrected chi connectivity index (χ2v) is 7.51. The van der Waals surface area contributed by atoms with Gasteiger partial charge in [0, 0.05) is 26.3 Å². The van der Waals surface area contributed by atoms with E-state index in [4.69, 9.17) is 39.5 Å². The molecule has 0 radical (unpaired) electrons. The molecule has 0 saturated heterocycles. The number of hydrogen-bond donors (Lipinski definition) is 1. The highest BCUT2D eigenvalue weighted by molar-refractivity contribution is 6.35. The number of rotatable bonds is 6. The number of nitrogens with zero attached hydrogens (tertiary/aromatic N) is 1. The van der Waals surface area contributed by atoms with E-state index >= 15 is 0 Å². The van der Waals surface area contributed by atoms with E-state index in [1.54, 1.807) is 48.5 Å². The molecule has 4 nitrogen and oxygen atoms in total. The molecule has 0 fully saturated rings. The van der Waals surface area contributed by atoms with E-state index in [2.05, 4.69) is 5.32 Å². The second-order valence-electron chi connectivity index (χ2n) is 6.23. The number of nitriles is 1. The van der Waals surface area contributed by atoms with Gasteiger partial charge in [-0.05, 0) is 48.0 Å². The molecule has 0 aromatic heterocycles. The van der Waals surface area contributed by atoms with Gasteiger partial charge in [-0.1, -0.05) is 65.1 Å². The molecule has 1 amide bonds. The average molecular weight is 458 g/mol. The number of halogens is 3. The maximum Gasteiger partial charge on any atom is 0.266 e. The van der Waals surface area contributed by atoms with Gasteiger partial charge in [0.05, 0.1) is 0 Å². The largest absolute Gasteiger partial charge is 0.489 e. The number of amides is 1. The predicted molar refractivity (Wildman–Crippen MR) is 121 cm³/mol. The van der Waals surface area contributed by atoms with Gasteiger partial charge in [0.1, 0.15) is 24.0 Å². The van der Waals surface area contributed by atoms with Crippen molar-refractivity contribution in [2.45, 2.75) is 6.61 Å². The maximum atomic E-state index is 12.4. The van der Waals surface area contributed by atoms with Crippen LogP contribution in [-0.2, 0) is 11.4 Å². The van der Waals surface area contributed by atoms with Crippen molar-refractivity contribution in [2.24, 2.45) is 0 Å². The van der Waals surface area contributed by atoms with Crippen LogP contribution in [0.4, 0.5) is 5.69 Å². The molecular weight excluding hydrogens is 443 g/mol. The van der Waals surface area contributed by atoms with E-state index in [9.17, 15) is 10.1 Å². The van der Waals surface area contributed by atoms with Crippen molar-refractivity contribution in [3.8, 4) is 11.8 Å². The van der Waals surface area contributed by atoms with Gasteiger partial charge in [-0.3, -0.25) is 4.79 Å². The van der Waals surface area contributed by atoms with Gasteiger partial charge >= 0.3 is 0 Å². The Bertz CT molecular complexity index is 1120. The van der Waals surface area contributed by atoms with Crippen molar-refractivity contribution in [1.82, 2.24) is 0 Å². The average Bonchev–Trinajstić information content (AvgIpc) is 2.71. The van der Waals surface area contributed by atoms with Gasteiger partial charge in [0.15, 0.2) is 0 Å². The SMILES string of the molecule is N#C/C(=C/c1ccc(OCc2ccccc2Cl)cc1)C(=O)Nc1cc(Cl)cc(Cl)c1. The van der Waals surface area contributed by atoms with Gasteiger partial charge in [-0.25, -0.2) is 0 Å². The summed E-state index contributed by atoms with van der Waals surface area (Å²) in [5.41, 5.74) is 1.90. The highest BCUT2D eigenvalue weighted by atomic mass is 35.5. The third-order valence-electron chi connectivity index (χ3n) is 4.03. The molecule has 3 aromatic rings. The van der Waals surface area contributed by atoms with Crippen LogP contribution >= 0.6 is 34.8 Å². The fourth-order valence-corrected chi connectivity index (χ4v) is 3.29. The summed E-state index contributed by atoms with van der Waals surface area (Å²) < 4.78 is 5.73. The summed E-state index contributed by atoms with van der Waals surface area (Å²) in [6.07, 6.45) is 1.49. The number of nitrogens with one attached hydrogen (secondary N) is 1. The number of hydrogen-bond acceptors (Lipinski definition) is 3. The topological polar surface area (TPSA) is 62.1 Å². The molecule has 0 heterocycles. The molecule has 7 heteroatoms. The van der Waals surface area contributed by atoms with Gasteiger partial charge in [-0.2, -0.15) is 5.26 Å². The summed E-state index contributed by atoms with van der Waals surface area (Å²) in [5, 5.41) is 13.4. The van der Waals surface area contributed by atoms with Crippen molar-refractivity contribution in [3.63, 3.8) is 0 Å². The summed E-state index contributed by atoms with van der Waals surface area (Å²) in [7, 11) is 0. The van der Waals surface area contributed by atoms with Crippen molar-refractivity contribution in [2.75, 3.05) is 5.32 Å². The molecule has 3 rings (SSSR count). The minimum Gasteiger partial charge on any atom is -0.489 e. The molecule has 3 aromatic carbocycles. The van der Waals surface area contributed by atoms with E-state index < -0.39 is 5.91 Å². The zero-order valence-corrected chi connectivity index (χ0v) is 17.8. The van der Waals surface area contributed by atoms with E-state index in [1.807, 2.05) is 24.3 Å². The molecule has 1 N–H and O–H groups in total. The third-order valence-corrected chi connectivity index (χ3v) is 4.83. The lowest BCUT2D eigenvalue weighted by molar-refractivity contribution is -0.112. The first-order valence-corrected chi connectivity index (χ1v) is 9.93. The Kier molecular flexibility index (Phi) is 7.37. The summed E-state index contributed by atoms with van der Waals surface area (Å²) in [6, 6.07) is 21.0. The molecule has 0 spiro atoms. The number of benzene rings is 3. The number of carbonyl (C=O) groups is 1. The number of anilines is 1. The Morgan fingerprint density at radius 1 is 1.00 bits per heavy atom. The Hall–Kier alpha value is -2.97. The minimum atomic E-state index is -0.560. The van der Waals surface area contributed by atoms with Crippen LogP contribution in [0.2, 0.25) is 15.1 Å². The summed E-state index contributed by atoms with van der Waals surface area (Å²) in [6.45, 7) is 0.336. The fraction of sp³-hybridized carbons (Fsp3) is 0.0435. The van der Waals surface area contributed by atoms with Gasteiger partial charge < -0.3 is 10.1 Å². The highest BCUT2D eigenvalue weighted by Gasteiger charge is 2.11. The summed E-state index contributed by atoms with van der Waals surface area (Å²) >= 11 is 18.0. The Morgan fingerprint density at radius 2 is 1.67 bits per heavy atom. The van der Waals surface area contributed by atoms with Crippen LogP contribution in [-0.4, -0.2) is 5.91 Å². The lowest BCUT2D eigenvalue weighted by Gasteiger charge is -2.08. The van der Waals surface area contributed by atoms with Crippen LogP contribution in [0.25, 0.3) is 6.08 Å². The van der Waals surface area contributed by atoms with Crippen LogP contribution in [0.3, 0.4) is 0 Å². The molecule has 0 aliphatic rings. The van der Waals surface area contributed by atoms with Crippen LogP contribution in [0.15, 0.2) is 72.3 Å². The summed E-state index contributed by atoms with van der Waals surface area (Å²) in [5.74, 6) is 0.0819. The summed E-state index contributed by atoms with van der Waals surface area (Å²) in [4.78, 5) is 12.4.